The lowest BCUT2D eigenvalue weighted by Crippen LogP contribution is -1.86. The minimum Gasteiger partial charge on any atom is -0.119 e. The van der Waals surface area contributed by atoms with E-state index in [4.69, 9.17) is 0 Å². The van der Waals surface area contributed by atoms with E-state index in [2.05, 4.69) is 42.5 Å². The lowest BCUT2D eigenvalue weighted by Gasteiger charge is -2.01. The van der Waals surface area contributed by atoms with Gasteiger partial charge < -0.3 is 0 Å². The normalized spacial score (nSPS) is 10.9. The summed E-state index contributed by atoms with van der Waals surface area (Å²) in [4.78, 5) is 0. The predicted octanol–water partition coefficient (Wildman–Crippen LogP) is 5.27. The molecule has 0 aliphatic heterocycles. The molecule has 0 aliphatic carbocycles. The van der Waals surface area contributed by atoms with Crippen LogP contribution in [0.3, 0.4) is 0 Å². The van der Waals surface area contributed by atoms with E-state index in [1.807, 2.05) is 6.08 Å². The summed E-state index contributed by atoms with van der Waals surface area (Å²) < 4.78 is 19.5. The minimum absolute atomic E-state index is 0.440. The summed E-state index contributed by atoms with van der Waals surface area (Å²) in [5.41, 5.74) is 1.41. The van der Waals surface area contributed by atoms with Gasteiger partial charge >= 0.3 is 8.25 Å². The van der Waals surface area contributed by atoms with Crippen LogP contribution in [0, 0.1) is 5.92 Å². The molecule has 106 valence electrons. The van der Waals surface area contributed by atoms with Crippen molar-refractivity contribution in [3.05, 3.63) is 24.3 Å². The van der Waals surface area contributed by atoms with Gasteiger partial charge in [0.15, 0.2) is 0 Å². The second kappa shape index (κ2) is 14.6. The smallest absolute Gasteiger partial charge is 0.119 e. The molecule has 0 bridgehead atoms. The van der Waals surface area contributed by atoms with E-state index in [9.17, 15) is 4.57 Å². The molecule has 0 aromatic rings. The van der Waals surface area contributed by atoms with E-state index in [1.165, 1.54) is 18.4 Å². The molecule has 1 atom stereocenters. The van der Waals surface area contributed by atoms with Crippen molar-refractivity contribution in [3.63, 3.8) is 0 Å². The third-order valence-corrected chi connectivity index (χ3v) is 2.98. The average molecular weight is 275 g/mol. The predicted molar refractivity (Wildman–Crippen MR) is 78.9 cm³/mol. The third-order valence-electron chi connectivity index (χ3n) is 2.05. The lowest BCUT2D eigenvalue weighted by atomic mass is 10.1. The number of rotatable bonds is 8. The molecule has 0 aliphatic rings. The summed E-state index contributed by atoms with van der Waals surface area (Å²) in [7, 11) is -1.83. The van der Waals surface area contributed by atoms with Crippen LogP contribution in [-0.4, -0.2) is 13.2 Å². The standard InChI is InChI=1S/C10H18.C4H10O3P/c1-5-10(4)8-6-7-9(2)3;1-3-6-8(5)7-4-2/h5,7,10H,1,6,8H2,2-4H3;3-4H2,1-2H3/q;+1. The van der Waals surface area contributed by atoms with Crippen molar-refractivity contribution in [2.75, 3.05) is 13.2 Å². The van der Waals surface area contributed by atoms with Crippen molar-refractivity contribution in [2.24, 2.45) is 5.92 Å². The maximum atomic E-state index is 10.3. The summed E-state index contributed by atoms with van der Waals surface area (Å²) in [6, 6.07) is 0. The number of hydrogen-bond donors (Lipinski definition) is 0. The Kier molecular flexibility index (Phi) is 16.0. The fourth-order valence-corrected chi connectivity index (χ4v) is 1.50. The fraction of sp³-hybridized carbons (Fsp3) is 0.714. The summed E-state index contributed by atoms with van der Waals surface area (Å²) in [5, 5.41) is 0. The molecule has 0 fully saturated rings. The van der Waals surface area contributed by atoms with E-state index in [-0.39, 0.29) is 0 Å². The molecule has 3 nitrogen and oxygen atoms in total. The molecule has 0 N–H and O–H groups in total. The van der Waals surface area contributed by atoms with Crippen LogP contribution in [0.1, 0.15) is 47.5 Å². The topological polar surface area (TPSA) is 35.5 Å². The quantitative estimate of drug-likeness (QED) is 0.447. The second-order valence-electron chi connectivity index (χ2n) is 4.13. The molecule has 0 amide bonds. The molecule has 0 radical (unpaired) electrons. The van der Waals surface area contributed by atoms with E-state index >= 15 is 0 Å². The highest BCUT2D eigenvalue weighted by Crippen LogP contribution is 2.21. The second-order valence-corrected chi connectivity index (χ2v) is 5.09. The molecule has 18 heavy (non-hydrogen) atoms. The molecule has 0 saturated heterocycles. The lowest BCUT2D eigenvalue weighted by molar-refractivity contribution is 0.243. The van der Waals surface area contributed by atoms with Crippen LogP contribution in [0.5, 0.6) is 0 Å². The first kappa shape index (κ1) is 19.8. The van der Waals surface area contributed by atoms with Gasteiger partial charge in [-0.2, -0.15) is 0 Å². The Balaban J connectivity index is 0. The third kappa shape index (κ3) is 17.9. The first-order valence-electron chi connectivity index (χ1n) is 6.46. The monoisotopic (exact) mass is 275 g/mol. The average Bonchev–Trinajstić information content (AvgIpc) is 2.30. The molecular weight excluding hydrogens is 247 g/mol. The molecule has 0 heterocycles. The Labute approximate surface area is 113 Å². The molecule has 1 unspecified atom stereocenters. The maximum Gasteiger partial charge on any atom is 0.697 e. The van der Waals surface area contributed by atoms with E-state index in [1.54, 1.807) is 13.8 Å². The molecular formula is C14H28O3P+. The van der Waals surface area contributed by atoms with Gasteiger partial charge in [-0.1, -0.05) is 24.6 Å². The van der Waals surface area contributed by atoms with Gasteiger partial charge in [0.1, 0.15) is 13.2 Å². The molecule has 0 aromatic heterocycles. The zero-order valence-electron chi connectivity index (χ0n) is 12.4. The van der Waals surface area contributed by atoms with Gasteiger partial charge in [0.05, 0.1) is 0 Å². The van der Waals surface area contributed by atoms with Crippen molar-refractivity contribution in [2.45, 2.75) is 47.5 Å². The number of hydrogen-bond acceptors (Lipinski definition) is 3. The molecule has 4 heteroatoms. The van der Waals surface area contributed by atoms with Gasteiger partial charge in [0.2, 0.25) is 0 Å². The van der Waals surface area contributed by atoms with Gasteiger partial charge in [0, 0.05) is 4.57 Å². The van der Waals surface area contributed by atoms with Gasteiger partial charge in [-0.15, -0.1) is 15.6 Å². The summed E-state index contributed by atoms with van der Waals surface area (Å²) in [6.45, 7) is 14.6. The Bertz CT molecular complexity index is 237. The summed E-state index contributed by atoms with van der Waals surface area (Å²) in [6.07, 6.45) is 6.71. The zero-order chi connectivity index (χ0) is 14.4. The molecule has 0 saturated carbocycles. The van der Waals surface area contributed by atoms with Crippen LogP contribution in [-0.2, 0) is 13.6 Å². The van der Waals surface area contributed by atoms with Crippen LogP contribution >= 0.6 is 8.25 Å². The van der Waals surface area contributed by atoms with E-state index in [0.29, 0.717) is 19.1 Å². The Morgan fingerprint density at radius 2 is 1.78 bits per heavy atom. The van der Waals surface area contributed by atoms with Crippen molar-refractivity contribution < 1.29 is 13.6 Å². The largest absolute Gasteiger partial charge is 0.697 e. The highest BCUT2D eigenvalue weighted by Gasteiger charge is 2.15. The van der Waals surface area contributed by atoms with Gasteiger partial charge in [0.25, 0.3) is 0 Å². The SMILES string of the molecule is C=CC(C)CCC=C(C)C.CCO[P+](=O)OCC. The van der Waals surface area contributed by atoms with E-state index < -0.39 is 8.25 Å². The van der Waals surface area contributed by atoms with Gasteiger partial charge in [-0.25, -0.2) is 0 Å². The zero-order valence-corrected chi connectivity index (χ0v) is 13.3. The molecule has 0 rings (SSSR count). The summed E-state index contributed by atoms with van der Waals surface area (Å²) in [5.74, 6) is 0.663. The highest BCUT2D eigenvalue weighted by atomic mass is 31.1. The van der Waals surface area contributed by atoms with Crippen molar-refractivity contribution in [1.82, 2.24) is 0 Å². The molecule has 0 aromatic carbocycles. The van der Waals surface area contributed by atoms with Crippen LogP contribution in [0.4, 0.5) is 0 Å². The summed E-state index contributed by atoms with van der Waals surface area (Å²) >= 11 is 0. The van der Waals surface area contributed by atoms with Crippen molar-refractivity contribution >= 4 is 8.25 Å². The van der Waals surface area contributed by atoms with Crippen LogP contribution in [0.2, 0.25) is 0 Å². The number of allylic oxidation sites excluding steroid dienone is 3. The van der Waals surface area contributed by atoms with Crippen LogP contribution in [0.25, 0.3) is 0 Å². The van der Waals surface area contributed by atoms with Gasteiger partial charge in [-0.05, 0) is 46.5 Å². The Hall–Kier alpha value is -0.500. The first-order valence-corrected chi connectivity index (χ1v) is 7.56. The van der Waals surface area contributed by atoms with Crippen LogP contribution < -0.4 is 0 Å². The van der Waals surface area contributed by atoms with E-state index in [0.717, 1.165) is 0 Å². The van der Waals surface area contributed by atoms with Crippen molar-refractivity contribution in [3.8, 4) is 0 Å². The first-order chi connectivity index (χ1) is 8.47. The Morgan fingerprint density at radius 3 is 2.11 bits per heavy atom. The Morgan fingerprint density at radius 1 is 1.28 bits per heavy atom. The maximum absolute atomic E-state index is 10.3. The van der Waals surface area contributed by atoms with Crippen LogP contribution in [0.15, 0.2) is 24.3 Å². The molecule has 0 spiro atoms. The van der Waals surface area contributed by atoms with Crippen molar-refractivity contribution in [1.29, 1.82) is 0 Å². The fourth-order valence-electron chi connectivity index (χ4n) is 1.00. The highest BCUT2D eigenvalue weighted by molar-refractivity contribution is 7.33. The van der Waals surface area contributed by atoms with Gasteiger partial charge in [-0.3, -0.25) is 0 Å². The minimum atomic E-state index is -1.83.